The van der Waals surface area contributed by atoms with Crippen LogP contribution in [0.15, 0.2) is 36.5 Å². The summed E-state index contributed by atoms with van der Waals surface area (Å²) in [7, 11) is -5.14. The molecule has 0 aromatic rings. The highest BCUT2D eigenvalue weighted by molar-refractivity contribution is 7.47. The topological polar surface area (TPSA) is 226 Å². The zero-order chi connectivity index (χ0) is 41.6. The number of aliphatic hydroxyl groups is 7. The molecule has 14 heteroatoms. The van der Waals surface area contributed by atoms with Crippen molar-refractivity contribution in [3.63, 3.8) is 0 Å². The van der Waals surface area contributed by atoms with Crippen molar-refractivity contribution in [2.24, 2.45) is 0 Å². The average Bonchev–Trinajstić information content (AvgIpc) is 3.17. The van der Waals surface area contributed by atoms with Gasteiger partial charge >= 0.3 is 7.82 Å². The molecule has 13 nitrogen and oxygen atoms in total. The monoisotopic (exact) mass is 820 g/mol. The lowest BCUT2D eigenvalue weighted by molar-refractivity contribution is -0.220. The molecule has 1 rings (SSSR count). The van der Waals surface area contributed by atoms with Crippen molar-refractivity contribution < 1.29 is 59.0 Å². The molecule has 0 bridgehead atoms. The minimum atomic E-state index is -5.14. The second-order valence-electron chi connectivity index (χ2n) is 15.4. The van der Waals surface area contributed by atoms with Crippen molar-refractivity contribution in [2.75, 3.05) is 6.61 Å². The average molecular weight is 820 g/mol. The summed E-state index contributed by atoms with van der Waals surface area (Å²) < 4.78 is 22.7. The largest absolute Gasteiger partial charge is 0.472 e. The molecule has 0 radical (unpaired) electrons. The molecule has 0 aromatic heterocycles. The van der Waals surface area contributed by atoms with E-state index in [0.29, 0.717) is 12.8 Å². The van der Waals surface area contributed by atoms with E-state index >= 15 is 0 Å². The summed E-state index contributed by atoms with van der Waals surface area (Å²) in [6, 6.07) is -1.26. The SMILES string of the molecule is CCCCCC/C=C/CC/C=C/C(O)C(COP(=O)(O)OC1C(O)C(O)C(O)C(O)C1O)NC(=O)CC(O)CCCCC/C=C\CCCCCCCCCCC. The summed E-state index contributed by atoms with van der Waals surface area (Å²) in [5.41, 5.74) is 0. The summed E-state index contributed by atoms with van der Waals surface area (Å²) in [5, 5.41) is 74.1. The van der Waals surface area contributed by atoms with Gasteiger partial charge in [-0.3, -0.25) is 13.8 Å². The second-order valence-corrected chi connectivity index (χ2v) is 16.8. The van der Waals surface area contributed by atoms with Gasteiger partial charge in [0.1, 0.15) is 36.6 Å². The first-order chi connectivity index (χ1) is 26.8. The predicted molar refractivity (Wildman–Crippen MR) is 220 cm³/mol. The van der Waals surface area contributed by atoms with E-state index in [1.54, 1.807) is 6.08 Å². The molecule has 9 N–H and O–H groups in total. The van der Waals surface area contributed by atoms with Crippen molar-refractivity contribution in [2.45, 2.75) is 216 Å². The van der Waals surface area contributed by atoms with Crippen molar-refractivity contribution in [1.82, 2.24) is 5.32 Å². The Balaban J connectivity index is 2.58. The van der Waals surface area contributed by atoms with Crippen LogP contribution < -0.4 is 5.32 Å². The number of carbonyl (C=O) groups excluding carboxylic acids is 1. The van der Waals surface area contributed by atoms with Crippen LogP contribution in [0, 0.1) is 0 Å². The van der Waals surface area contributed by atoms with Crippen LogP contribution in [0.25, 0.3) is 0 Å². The van der Waals surface area contributed by atoms with E-state index in [-0.39, 0.29) is 6.42 Å². The predicted octanol–water partition coefficient (Wildman–Crippen LogP) is 6.19. The summed E-state index contributed by atoms with van der Waals surface area (Å²) in [4.78, 5) is 23.3. The number of allylic oxidation sites excluding steroid dienone is 5. The summed E-state index contributed by atoms with van der Waals surface area (Å²) in [5.74, 6) is -0.615. The van der Waals surface area contributed by atoms with Gasteiger partial charge in [0.15, 0.2) is 0 Å². The van der Waals surface area contributed by atoms with Crippen LogP contribution in [0.5, 0.6) is 0 Å². The molecule has 1 saturated carbocycles. The number of rotatable bonds is 34. The van der Waals surface area contributed by atoms with Crippen molar-refractivity contribution >= 4 is 13.7 Å². The van der Waals surface area contributed by atoms with Gasteiger partial charge in [0.2, 0.25) is 5.91 Å². The number of hydrogen-bond acceptors (Lipinski definition) is 11. The first-order valence-corrected chi connectivity index (χ1v) is 23.0. The van der Waals surface area contributed by atoms with E-state index in [2.05, 4.69) is 43.5 Å². The third-order valence-electron chi connectivity index (χ3n) is 10.2. The van der Waals surface area contributed by atoms with Crippen LogP contribution >= 0.6 is 7.82 Å². The Bertz CT molecular complexity index is 1110. The highest BCUT2D eigenvalue weighted by atomic mass is 31.2. The number of phosphoric ester groups is 1. The van der Waals surface area contributed by atoms with Crippen LogP contribution in [-0.4, -0.2) is 108 Å². The maximum Gasteiger partial charge on any atom is 0.472 e. The van der Waals surface area contributed by atoms with Gasteiger partial charge in [-0.05, 0) is 57.8 Å². The Labute approximate surface area is 336 Å². The molecule has 8 atom stereocenters. The molecule has 1 aliphatic rings. The third kappa shape index (κ3) is 24.4. The molecule has 8 unspecified atom stereocenters. The summed E-state index contributed by atoms with van der Waals surface area (Å²) in [6.45, 7) is 3.65. The number of phosphoric acid groups is 1. The summed E-state index contributed by atoms with van der Waals surface area (Å²) >= 11 is 0. The Hall–Kier alpha value is -1.48. The smallest absolute Gasteiger partial charge is 0.393 e. The molecule has 328 valence electrons. The highest BCUT2D eigenvalue weighted by Crippen LogP contribution is 2.47. The molecule has 0 spiro atoms. The van der Waals surface area contributed by atoms with Crippen LogP contribution in [0.1, 0.15) is 162 Å². The number of amides is 1. The van der Waals surface area contributed by atoms with Crippen LogP contribution in [0.2, 0.25) is 0 Å². The van der Waals surface area contributed by atoms with Crippen molar-refractivity contribution in [1.29, 1.82) is 0 Å². The Morgan fingerprint density at radius 2 is 1.05 bits per heavy atom. The van der Waals surface area contributed by atoms with Crippen LogP contribution in [0.4, 0.5) is 0 Å². The fraction of sp³-hybridized carbons (Fsp3) is 0.833. The fourth-order valence-corrected chi connectivity index (χ4v) is 7.57. The Morgan fingerprint density at radius 1 is 0.625 bits per heavy atom. The molecule has 0 heterocycles. The molecule has 1 fully saturated rings. The van der Waals surface area contributed by atoms with Gasteiger partial charge < -0.3 is 46.0 Å². The first-order valence-electron chi connectivity index (χ1n) is 21.5. The van der Waals surface area contributed by atoms with Crippen LogP contribution in [-0.2, 0) is 18.4 Å². The maximum atomic E-state index is 12.9. The van der Waals surface area contributed by atoms with Gasteiger partial charge in [-0.25, -0.2) is 4.57 Å². The zero-order valence-corrected chi connectivity index (χ0v) is 35.2. The standard InChI is InChI=1S/C42H78NO12P/c1-3-5-7-9-11-13-15-16-17-18-19-20-21-23-25-27-29-33(44)31-36(46)43-34(35(45)30-28-26-24-22-14-12-10-8-6-4-2)32-54-56(52,53)55-42-40(50)38(48)37(47)39(49)41(42)51/h14,19-20,22,28,30,33-35,37-42,44-45,47-51H,3-13,15-18,21,23-27,29,31-32H2,1-2H3,(H,43,46)(H,52,53)/b20-19-,22-14+,30-28+. The number of aliphatic hydroxyl groups excluding tert-OH is 7. The number of nitrogens with one attached hydrogen (secondary N) is 1. The lowest BCUT2D eigenvalue weighted by Gasteiger charge is -2.41. The van der Waals surface area contributed by atoms with Gasteiger partial charge in [-0.1, -0.05) is 134 Å². The molecule has 0 aromatic carbocycles. The van der Waals surface area contributed by atoms with E-state index < -0.39 is 75.2 Å². The van der Waals surface area contributed by atoms with E-state index in [0.717, 1.165) is 51.4 Å². The van der Waals surface area contributed by atoms with E-state index in [9.17, 15) is 50.0 Å². The van der Waals surface area contributed by atoms with E-state index in [4.69, 9.17) is 9.05 Å². The minimum Gasteiger partial charge on any atom is -0.393 e. The van der Waals surface area contributed by atoms with Gasteiger partial charge in [0, 0.05) is 0 Å². The fourth-order valence-electron chi connectivity index (χ4n) is 6.60. The minimum absolute atomic E-state index is 0.263. The quantitative estimate of drug-likeness (QED) is 0.0201. The van der Waals surface area contributed by atoms with Gasteiger partial charge in [-0.2, -0.15) is 0 Å². The van der Waals surface area contributed by atoms with Gasteiger partial charge in [0.25, 0.3) is 0 Å². The molecule has 56 heavy (non-hydrogen) atoms. The number of unbranched alkanes of at least 4 members (excludes halogenated alkanes) is 17. The maximum absolute atomic E-state index is 12.9. The Kier molecular flexibility index (Phi) is 30.4. The van der Waals surface area contributed by atoms with Crippen LogP contribution in [0.3, 0.4) is 0 Å². The third-order valence-corrected chi connectivity index (χ3v) is 11.2. The molecular weight excluding hydrogens is 741 g/mol. The van der Waals surface area contributed by atoms with Gasteiger partial charge in [-0.15, -0.1) is 0 Å². The molecular formula is C42H78NO12P. The molecule has 0 saturated heterocycles. The number of carbonyl (C=O) groups is 1. The lowest BCUT2D eigenvalue weighted by atomic mass is 9.85. The van der Waals surface area contributed by atoms with Gasteiger partial charge in [0.05, 0.1) is 31.3 Å². The van der Waals surface area contributed by atoms with E-state index in [1.165, 1.54) is 83.1 Å². The lowest BCUT2D eigenvalue weighted by Crippen LogP contribution is -2.64. The number of hydrogen-bond donors (Lipinski definition) is 9. The molecule has 1 amide bonds. The first kappa shape index (κ1) is 52.5. The Morgan fingerprint density at radius 3 is 1.59 bits per heavy atom. The molecule has 1 aliphatic carbocycles. The van der Waals surface area contributed by atoms with E-state index in [1.807, 2.05) is 0 Å². The highest BCUT2D eigenvalue weighted by Gasteiger charge is 2.51. The molecule has 0 aliphatic heterocycles. The second kappa shape index (κ2) is 32.4. The zero-order valence-electron chi connectivity index (χ0n) is 34.3. The van der Waals surface area contributed by atoms with Crippen molar-refractivity contribution in [3.8, 4) is 0 Å². The normalized spacial score (nSPS) is 24.5. The summed E-state index contributed by atoms with van der Waals surface area (Å²) in [6.07, 6.45) is 21.2. The van der Waals surface area contributed by atoms with Crippen molar-refractivity contribution in [3.05, 3.63) is 36.5 Å².